The fourth-order valence-electron chi connectivity index (χ4n) is 2.56. The quantitative estimate of drug-likeness (QED) is 0.653. The maximum Gasteiger partial charge on any atom is 0.273 e. The summed E-state index contributed by atoms with van der Waals surface area (Å²) in [6.07, 6.45) is 0.183. The Hall–Kier alpha value is -3.55. The van der Waals surface area contributed by atoms with Gasteiger partial charge < -0.3 is 15.0 Å². The summed E-state index contributed by atoms with van der Waals surface area (Å²) in [5.74, 6) is 0.348. The summed E-state index contributed by atoms with van der Waals surface area (Å²) in [6.45, 7) is 0.0873. The van der Waals surface area contributed by atoms with E-state index in [0.29, 0.717) is 22.7 Å². The number of nitrogens with zero attached hydrogens (tertiary/aromatic N) is 2. The number of ether oxygens (including phenoxy) is 1. The van der Waals surface area contributed by atoms with Crippen LogP contribution in [0.25, 0.3) is 11.4 Å². The van der Waals surface area contributed by atoms with Gasteiger partial charge in [0.2, 0.25) is 5.91 Å². The van der Waals surface area contributed by atoms with Crippen molar-refractivity contribution in [3.63, 3.8) is 0 Å². The van der Waals surface area contributed by atoms with Crippen molar-refractivity contribution in [3.05, 3.63) is 76.0 Å². The van der Waals surface area contributed by atoms with Crippen LogP contribution in [0.5, 0.6) is 5.75 Å². The van der Waals surface area contributed by atoms with Crippen molar-refractivity contribution in [1.82, 2.24) is 20.5 Å². The van der Waals surface area contributed by atoms with Gasteiger partial charge >= 0.3 is 0 Å². The van der Waals surface area contributed by atoms with Gasteiger partial charge in [0.15, 0.2) is 5.82 Å². The molecule has 0 saturated carbocycles. The van der Waals surface area contributed by atoms with Crippen molar-refractivity contribution in [2.45, 2.75) is 19.4 Å². The van der Waals surface area contributed by atoms with Crippen LogP contribution in [0.4, 0.5) is 4.39 Å². The van der Waals surface area contributed by atoms with Crippen LogP contribution in [0.15, 0.2) is 53.3 Å². The highest BCUT2D eigenvalue weighted by Gasteiger charge is 2.10. The molecule has 3 aromatic rings. The summed E-state index contributed by atoms with van der Waals surface area (Å²) in [4.78, 5) is 26.8. The zero-order valence-corrected chi connectivity index (χ0v) is 15.2. The molecule has 0 radical (unpaired) electrons. The van der Waals surface area contributed by atoms with Crippen molar-refractivity contribution in [2.75, 3.05) is 7.11 Å². The number of hydrogen-bond donors (Lipinski definition) is 2. The van der Waals surface area contributed by atoms with E-state index in [1.807, 2.05) is 0 Å². The molecule has 0 saturated heterocycles. The van der Waals surface area contributed by atoms with Crippen molar-refractivity contribution in [1.29, 1.82) is 0 Å². The van der Waals surface area contributed by atoms with E-state index in [4.69, 9.17) is 4.74 Å². The fraction of sp³-hybridized carbons (Fsp3) is 0.200. The molecule has 0 fully saturated rings. The van der Waals surface area contributed by atoms with Crippen molar-refractivity contribution in [2.24, 2.45) is 0 Å². The number of methoxy groups -OCH3 is 1. The number of amides is 1. The first kappa shape index (κ1) is 19.2. The molecule has 0 aliphatic carbocycles. The van der Waals surface area contributed by atoms with Gasteiger partial charge in [-0.15, -0.1) is 10.2 Å². The van der Waals surface area contributed by atoms with Gasteiger partial charge in [0.25, 0.3) is 5.56 Å². The number of aromatic amines is 1. The molecule has 1 aromatic heterocycles. The number of nitrogens with one attached hydrogen (secondary N) is 2. The molecular formula is C20H19FN4O3. The third-order valence-corrected chi connectivity index (χ3v) is 4.15. The number of hydrogen-bond acceptors (Lipinski definition) is 5. The Balaban J connectivity index is 1.58. The molecule has 0 aliphatic rings. The molecule has 2 aromatic carbocycles. The first-order chi connectivity index (χ1) is 13.6. The number of H-pyrrole nitrogens is 1. The number of aryl methyl sites for hydroxylation is 1. The molecule has 144 valence electrons. The van der Waals surface area contributed by atoms with E-state index in [2.05, 4.69) is 20.5 Å². The number of carbonyl (C=O) groups is 1. The van der Waals surface area contributed by atoms with Gasteiger partial charge in [-0.25, -0.2) is 4.39 Å². The highest BCUT2D eigenvalue weighted by molar-refractivity contribution is 5.76. The highest BCUT2D eigenvalue weighted by atomic mass is 19.1. The normalized spacial score (nSPS) is 10.5. The van der Waals surface area contributed by atoms with Crippen LogP contribution in [0.3, 0.4) is 0 Å². The molecule has 7 nitrogen and oxygen atoms in total. The Morgan fingerprint density at radius 3 is 2.57 bits per heavy atom. The minimum absolute atomic E-state index is 0.0497. The van der Waals surface area contributed by atoms with Crippen LogP contribution >= 0.6 is 0 Å². The third-order valence-electron chi connectivity index (χ3n) is 4.15. The van der Waals surface area contributed by atoms with E-state index in [1.165, 1.54) is 6.07 Å². The minimum atomic E-state index is -0.400. The molecule has 0 unspecified atom stereocenters. The predicted octanol–water partition coefficient (Wildman–Crippen LogP) is 2.23. The summed E-state index contributed by atoms with van der Waals surface area (Å²) in [7, 11) is 1.57. The van der Waals surface area contributed by atoms with Crippen molar-refractivity contribution in [3.8, 4) is 17.1 Å². The summed E-state index contributed by atoms with van der Waals surface area (Å²) in [5.41, 5.74) is 0.859. The lowest BCUT2D eigenvalue weighted by Crippen LogP contribution is -2.25. The maximum atomic E-state index is 13.5. The molecule has 28 heavy (non-hydrogen) atoms. The Morgan fingerprint density at radius 2 is 1.89 bits per heavy atom. The Morgan fingerprint density at radius 1 is 1.14 bits per heavy atom. The molecule has 0 bridgehead atoms. The lowest BCUT2D eigenvalue weighted by atomic mass is 10.2. The van der Waals surface area contributed by atoms with Gasteiger partial charge in [0, 0.05) is 30.5 Å². The van der Waals surface area contributed by atoms with Gasteiger partial charge in [0.1, 0.15) is 17.3 Å². The molecule has 1 heterocycles. The van der Waals surface area contributed by atoms with E-state index in [-0.39, 0.29) is 36.8 Å². The average molecular weight is 382 g/mol. The average Bonchev–Trinajstić information content (AvgIpc) is 2.72. The Bertz CT molecular complexity index is 1020. The lowest BCUT2D eigenvalue weighted by molar-refractivity contribution is -0.121. The second-order valence-electron chi connectivity index (χ2n) is 6.05. The van der Waals surface area contributed by atoms with Crippen LogP contribution in [0, 0.1) is 5.82 Å². The second-order valence-corrected chi connectivity index (χ2v) is 6.05. The number of carbonyl (C=O) groups excluding carboxylic acids is 1. The lowest BCUT2D eigenvalue weighted by Gasteiger charge is -2.06. The molecule has 1 amide bonds. The van der Waals surface area contributed by atoms with E-state index < -0.39 is 5.56 Å². The maximum absolute atomic E-state index is 13.5. The topological polar surface area (TPSA) is 97.0 Å². The van der Waals surface area contributed by atoms with E-state index in [9.17, 15) is 14.0 Å². The summed E-state index contributed by atoms with van der Waals surface area (Å²) in [5, 5.41) is 10.6. The first-order valence-corrected chi connectivity index (χ1v) is 8.67. The predicted molar refractivity (Wildman–Crippen MR) is 101 cm³/mol. The molecular weight excluding hydrogens is 363 g/mol. The SMILES string of the molecule is COc1ccc(-c2nnc(CCC(=O)NCc3ccccc3F)c(=O)[nH]2)cc1. The fourth-order valence-corrected chi connectivity index (χ4v) is 2.56. The van der Waals surface area contributed by atoms with E-state index in [1.54, 1.807) is 49.6 Å². The number of benzene rings is 2. The van der Waals surface area contributed by atoms with Crippen LogP contribution in [-0.2, 0) is 17.8 Å². The van der Waals surface area contributed by atoms with Crippen molar-refractivity contribution < 1.29 is 13.9 Å². The van der Waals surface area contributed by atoms with Crippen LogP contribution in [0.2, 0.25) is 0 Å². The summed E-state index contributed by atoms with van der Waals surface area (Å²) >= 11 is 0. The zero-order chi connectivity index (χ0) is 19.9. The van der Waals surface area contributed by atoms with Gasteiger partial charge in [-0.2, -0.15) is 0 Å². The number of aromatic nitrogens is 3. The minimum Gasteiger partial charge on any atom is -0.497 e. The molecule has 0 aliphatic heterocycles. The zero-order valence-electron chi connectivity index (χ0n) is 15.2. The summed E-state index contributed by atoms with van der Waals surface area (Å²) in [6, 6.07) is 13.2. The molecule has 8 heteroatoms. The molecule has 0 spiro atoms. The van der Waals surface area contributed by atoms with Gasteiger partial charge in [-0.3, -0.25) is 9.59 Å². The smallest absolute Gasteiger partial charge is 0.273 e. The van der Waals surface area contributed by atoms with Crippen LogP contribution in [-0.4, -0.2) is 28.2 Å². The summed E-state index contributed by atoms with van der Waals surface area (Å²) < 4.78 is 18.6. The molecule has 0 atom stereocenters. The van der Waals surface area contributed by atoms with Crippen molar-refractivity contribution >= 4 is 5.91 Å². The van der Waals surface area contributed by atoms with Gasteiger partial charge in [-0.1, -0.05) is 18.2 Å². The van der Waals surface area contributed by atoms with E-state index in [0.717, 1.165) is 0 Å². The molecule has 3 rings (SSSR count). The monoisotopic (exact) mass is 382 g/mol. The Labute approximate surface area is 160 Å². The Kier molecular flexibility index (Phi) is 6.11. The largest absolute Gasteiger partial charge is 0.497 e. The first-order valence-electron chi connectivity index (χ1n) is 8.67. The second kappa shape index (κ2) is 8.90. The van der Waals surface area contributed by atoms with Gasteiger partial charge in [-0.05, 0) is 30.3 Å². The van der Waals surface area contributed by atoms with E-state index >= 15 is 0 Å². The molecule has 2 N–H and O–H groups in total. The van der Waals surface area contributed by atoms with Crippen LogP contribution < -0.4 is 15.6 Å². The number of halogens is 1. The standard InChI is InChI=1S/C20H19FN4O3/c1-28-15-8-6-13(7-9-15)19-23-20(27)17(24-25-19)10-11-18(26)22-12-14-4-2-3-5-16(14)21/h2-9H,10-12H2,1H3,(H,22,26)(H,23,25,27). The highest BCUT2D eigenvalue weighted by Crippen LogP contribution is 2.17. The number of rotatable bonds is 7. The van der Waals surface area contributed by atoms with Crippen LogP contribution in [0.1, 0.15) is 17.7 Å². The van der Waals surface area contributed by atoms with Gasteiger partial charge in [0.05, 0.1) is 7.11 Å². The third kappa shape index (κ3) is 4.79.